The highest BCUT2D eigenvalue weighted by Crippen LogP contribution is 2.41. The van der Waals surface area contributed by atoms with Crippen molar-refractivity contribution in [1.82, 2.24) is 0 Å². The van der Waals surface area contributed by atoms with Crippen molar-refractivity contribution in [1.29, 1.82) is 0 Å². The third kappa shape index (κ3) is 13.6. The number of carbonyl (C=O) groups is 1. The number of ketones is 1. The van der Waals surface area contributed by atoms with Gasteiger partial charge in [0.2, 0.25) is 12.3 Å². The minimum Gasteiger partial charge on any atom is -0.287 e. The second-order valence-corrected chi connectivity index (χ2v) is 16.3. The molecule has 0 N–H and O–H groups in total. The topological polar surface area (TPSA) is 20.9 Å². The van der Waals surface area contributed by atoms with Gasteiger partial charge in [0, 0.05) is 22.6 Å². The number of alkyl halides is 24. The summed E-state index contributed by atoms with van der Waals surface area (Å²) >= 11 is 4.19. The Bertz CT molecular complexity index is 2510. The van der Waals surface area contributed by atoms with Crippen molar-refractivity contribution in [2.24, 2.45) is 0 Å². The summed E-state index contributed by atoms with van der Waals surface area (Å²) in [4.78, 5) is 12.8. The van der Waals surface area contributed by atoms with Gasteiger partial charge in [-0.05, 0) is 24.3 Å². The highest BCUT2D eigenvalue weighted by Gasteiger charge is 2.47. The van der Waals surface area contributed by atoms with E-state index >= 15 is 0 Å². The molecule has 2 nitrogen and oxygen atoms in total. The van der Waals surface area contributed by atoms with Crippen molar-refractivity contribution in [3.8, 4) is 0 Å². The number of aromatic nitrogens is 1. The molecule has 0 unspecified atom stereocenters. The SMILES string of the molecule is FC(F)(F)c1cc([B-](c2cc(C(F)(F)F)cc(C(F)(F)F)c2)(c2cc(C(F)(F)F)cc(C(F)(F)F)c2)c2cc(C(F)(F)F)cc(C(F)(F)F)c2)cc(C(F)(F)F)c1.O=C(C[n+]1ccc(S)cc1)c1ccccc1. The van der Waals surface area contributed by atoms with Gasteiger partial charge in [0.15, 0.2) is 12.4 Å². The lowest BCUT2D eigenvalue weighted by Crippen LogP contribution is -2.75. The van der Waals surface area contributed by atoms with Crippen LogP contribution in [-0.4, -0.2) is 11.9 Å². The summed E-state index contributed by atoms with van der Waals surface area (Å²) in [5, 5.41) is 0. The van der Waals surface area contributed by atoms with E-state index in [1.165, 1.54) is 0 Å². The van der Waals surface area contributed by atoms with Gasteiger partial charge in [-0.25, -0.2) is 0 Å². The molecule has 0 atom stereocenters. The van der Waals surface area contributed by atoms with E-state index in [1.807, 2.05) is 59.4 Å². The van der Waals surface area contributed by atoms with E-state index in [2.05, 4.69) is 12.6 Å². The molecule has 0 fully saturated rings. The van der Waals surface area contributed by atoms with E-state index in [1.54, 1.807) is 0 Å². The summed E-state index contributed by atoms with van der Waals surface area (Å²) < 4.78 is 343. The van der Waals surface area contributed by atoms with Gasteiger partial charge < -0.3 is 0 Å². The molecule has 6 aromatic rings. The van der Waals surface area contributed by atoms with Crippen molar-refractivity contribution < 1.29 is 115 Å². The molecule has 28 heteroatoms. The van der Waals surface area contributed by atoms with Gasteiger partial charge in [0.05, 0.1) is 44.5 Å². The molecule has 0 amide bonds. The lowest BCUT2D eigenvalue weighted by molar-refractivity contribution is -0.683. The molecule has 0 aliphatic heterocycles. The van der Waals surface area contributed by atoms with Gasteiger partial charge in [0.1, 0.15) is 6.15 Å². The van der Waals surface area contributed by atoms with Crippen LogP contribution in [0.2, 0.25) is 0 Å². The maximum atomic E-state index is 14.2. The first kappa shape index (κ1) is 57.6. The summed E-state index contributed by atoms with van der Waals surface area (Å²) in [6, 6.07) is 4.22. The van der Waals surface area contributed by atoms with E-state index in [-0.39, 0.29) is 5.78 Å². The minimum absolute atomic E-state index is 0.109. The second kappa shape index (κ2) is 19.8. The maximum Gasteiger partial charge on any atom is 0.416 e. The molecular formula is C45H24BF24NOS. The lowest BCUT2D eigenvalue weighted by Gasteiger charge is -2.46. The first-order chi connectivity index (χ1) is 33.0. The number of hydrogen-bond acceptors (Lipinski definition) is 2. The zero-order valence-electron chi connectivity index (χ0n) is 35.3. The summed E-state index contributed by atoms with van der Waals surface area (Å²) in [7, 11) is 0. The Morgan fingerprint density at radius 1 is 0.356 bits per heavy atom. The first-order valence-electron chi connectivity index (χ1n) is 19.6. The quantitative estimate of drug-likeness (QED) is 0.0556. The number of rotatable bonds is 7. The first-order valence-corrected chi connectivity index (χ1v) is 20.1. The van der Waals surface area contributed by atoms with Crippen molar-refractivity contribution in [2.45, 2.75) is 60.9 Å². The van der Waals surface area contributed by atoms with Gasteiger partial charge in [-0.3, -0.25) is 4.79 Å². The Labute approximate surface area is 399 Å². The van der Waals surface area contributed by atoms with Crippen molar-refractivity contribution in [2.75, 3.05) is 0 Å². The van der Waals surface area contributed by atoms with Crippen molar-refractivity contribution >= 4 is 46.4 Å². The van der Waals surface area contributed by atoms with E-state index in [0.29, 0.717) is 6.54 Å². The Morgan fingerprint density at radius 3 is 0.781 bits per heavy atom. The summed E-state index contributed by atoms with van der Waals surface area (Å²) in [5.74, 6) is 0.109. The number of benzene rings is 5. The van der Waals surface area contributed by atoms with Crippen LogP contribution >= 0.6 is 12.6 Å². The normalized spacial score (nSPS) is 13.4. The van der Waals surface area contributed by atoms with Crippen LogP contribution in [0.1, 0.15) is 54.9 Å². The van der Waals surface area contributed by atoms with E-state index in [4.69, 9.17) is 0 Å². The third-order valence-electron chi connectivity index (χ3n) is 10.7. The van der Waals surface area contributed by atoms with Crippen LogP contribution in [0, 0.1) is 0 Å². The maximum absolute atomic E-state index is 14.2. The number of thiol groups is 1. The summed E-state index contributed by atoms with van der Waals surface area (Å²) in [5.41, 5.74) is -29.5. The van der Waals surface area contributed by atoms with Crippen LogP contribution in [0.25, 0.3) is 0 Å². The van der Waals surface area contributed by atoms with E-state index in [9.17, 15) is 110 Å². The van der Waals surface area contributed by atoms with Crippen LogP contribution in [0.3, 0.4) is 0 Å². The number of nitrogens with zero attached hydrogens (tertiary/aromatic N) is 1. The molecule has 0 saturated carbocycles. The fraction of sp³-hybridized carbons (Fsp3) is 0.200. The number of pyridine rings is 1. The lowest BCUT2D eigenvalue weighted by atomic mass is 9.12. The Hall–Kier alpha value is -6.35. The molecule has 1 aromatic heterocycles. The molecule has 392 valence electrons. The molecule has 73 heavy (non-hydrogen) atoms. The molecule has 6 rings (SSSR count). The smallest absolute Gasteiger partial charge is 0.287 e. The molecule has 0 bridgehead atoms. The van der Waals surface area contributed by atoms with Crippen LogP contribution in [0.4, 0.5) is 105 Å². The van der Waals surface area contributed by atoms with Gasteiger partial charge in [-0.2, -0.15) is 132 Å². The van der Waals surface area contributed by atoms with Crippen LogP contribution < -0.4 is 26.4 Å². The van der Waals surface area contributed by atoms with Gasteiger partial charge in [-0.1, -0.05) is 78.9 Å². The Kier molecular flexibility index (Phi) is 15.6. The van der Waals surface area contributed by atoms with Gasteiger partial charge >= 0.3 is 49.4 Å². The molecule has 5 aromatic carbocycles. The second-order valence-electron chi connectivity index (χ2n) is 15.7. The zero-order chi connectivity index (χ0) is 55.3. The number of Topliss-reactive ketones (excluding diaryl/α,β-unsaturated/α-hetero) is 1. The average molecular weight is 1090 g/mol. The average Bonchev–Trinajstić information content (AvgIpc) is 3.25. The highest BCUT2D eigenvalue weighted by molar-refractivity contribution is 7.80. The minimum atomic E-state index is -6.13. The predicted molar refractivity (Wildman–Crippen MR) is 215 cm³/mol. The van der Waals surface area contributed by atoms with Crippen LogP contribution in [-0.2, 0) is 56.0 Å². The molecule has 0 spiro atoms. The van der Waals surface area contributed by atoms with Crippen LogP contribution in [0.5, 0.6) is 0 Å². The fourth-order valence-corrected chi connectivity index (χ4v) is 7.64. The number of carbonyl (C=O) groups excluding carboxylic acids is 1. The van der Waals surface area contributed by atoms with E-state index < -0.39 is 195 Å². The molecular weight excluding hydrogens is 1070 g/mol. The number of halogens is 24. The third-order valence-corrected chi connectivity index (χ3v) is 11.0. The monoisotopic (exact) mass is 1090 g/mol. The predicted octanol–water partition coefficient (Wildman–Crippen LogP) is 13.4. The molecule has 0 radical (unpaired) electrons. The van der Waals surface area contributed by atoms with Crippen molar-refractivity contribution in [3.05, 3.63) is 178 Å². The summed E-state index contributed by atoms with van der Waals surface area (Å²) in [6.07, 6.45) is -51.1. The molecule has 0 aliphatic carbocycles. The highest BCUT2D eigenvalue weighted by atomic mass is 32.1. The van der Waals surface area contributed by atoms with Crippen molar-refractivity contribution in [3.63, 3.8) is 0 Å². The fourth-order valence-electron chi connectivity index (χ4n) is 7.51. The van der Waals surface area contributed by atoms with E-state index in [0.717, 1.165) is 10.5 Å². The standard InChI is InChI=1S/C32H12BF24.C13H11NOS/c34-25(35,36)13-1-14(26(37,38)39)6-21(5-13)33(22-7-15(27(40,41)42)2-16(8-22)28(43,44)45,23-9-17(29(46,47)48)3-18(10-23)30(49,50)51)24-11-19(31(52,53)54)4-20(12-24)32(55,56)57;15-13(11-4-2-1-3-5-11)10-14-8-6-12(16)7-9-14/h1-12H;1-9H,10H2/q-1;/p+1. The summed E-state index contributed by atoms with van der Waals surface area (Å²) in [6.45, 7) is 0.359. The van der Waals surface area contributed by atoms with Gasteiger partial charge in [-0.15, -0.1) is 12.6 Å². The largest absolute Gasteiger partial charge is 0.416 e. The van der Waals surface area contributed by atoms with Gasteiger partial charge in [0.25, 0.3) is 0 Å². The molecule has 0 aliphatic rings. The molecule has 0 saturated heterocycles. The van der Waals surface area contributed by atoms with Crippen LogP contribution in [0.15, 0.2) is 133 Å². The Balaban J connectivity index is 0.000000520. The molecule has 1 heterocycles. The number of hydrogen-bond donors (Lipinski definition) is 1. The zero-order valence-corrected chi connectivity index (χ0v) is 36.2. The Morgan fingerprint density at radius 2 is 0.575 bits per heavy atom.